The van der Waals surface area contributed by atoms with Gasteiger partial charge in [-0.05, 0) is 39.7 Å². The van der Waals surface area contributed by atoms with Crippen molar-refractivity contribution in [1.29, 1.82) is 0 Å². The molecular weight excluding hydrogens is 318 g/mol. The van der Waals surface area contributed by atoms with Crippen LogP contribution in [-0.4, -0.2) is 31.1 Å². The highest BCUT2D eigenvalue weighted by Crippen LogP contribution is 2.26. The van der Waals surface area contributed by atoms with Crippen molar-refractivity contribution in [2.45, 2.75) is 64.6 Å². The number of nitrogens with one attached hydrogen (secondary N) is 3. The van der Waals surface area contributed by atoms with Gasteiger partial charge in [-0.25, -0.2) is 4.79 Å². The van der Waals surface area contributed by atoms with E-state index in [9.17, 15) is 9.59 Å². The van der Waals surface area contributed by atoms with Crippen molar-refractivity contribution in [1.82, 2.24) is 16.0 Å². The minimum Gasteiger partial charge on any atom is -0.496 e. The molecule has 2 unspecified atom stereocenters. The first-order valence-electron chi connectivity index (χ1n) is 8.92. The van der Waals surface area contributed by atoms with Crippen molar-refractivity contribution in [2.24, 2.45) is 0 Å². The molecule has 6 heteroatoms. The van der Waals surface area contributed by atoms with Gasteiger partial charge >= 0.3 is 6.03 Å². The lowest BCUT2D eigenvalue weighted by Gasteiger charge is -2.22. The zero-order valence-corrected chi connectivity index (χ0v) is 15.5. The third-order valence-corrected chi connectivity index (χ3v) is 4.67. The van der Waals surface area contributed by atoms with Crippen LogP contribution in [0.1, 0.15) is 56.7 Å². The molecule has 0 spiro atoms. The molecular formula is C19H29N3O3. The van der Waals surface area contributed by atoms with Gasteiger partial charge in [0.25, 0.3) is 0 Å². The Balaban J connectivity index is 1.89. The average Bonchev–Trinajstić information content (AvgIpc) is 3.07. The molecule has 6 nitrogen and oxygen atoms in total. The van der Waals surface area contributed by atoms with Crippen molar-refractivity contribution in [3.63, 3.8) is 0 Å². The van der Waals surface area contributed by atoms with Gasteiger partial charge < -0.3 is 10.1 Å². The summed E-state index contributed by atoms with van der Waals surface area (Å²) >= 11 is 0. The van der Waals surface area contributed by atoms with E-state index in [1.54, 1.807) is 14.0 Å². The molecule has 1 aliphatic rings. The zero-order chi connectivity index (χ0) is 18.4. The number of urea groups is 1. The standard InChI is InChI=1S/C19H29N3O3/c1-12-9-10-17(25-4)16(11-12)13(2)20-14(3)18(23)22-19(24)21-15-7-5-6-8-15/h9-11,13-15,20H,5-8H2,1-4H3,(H2,21,22,23,24). The molecule has 1 aromatic carbocycles. The van der Waals surface area contributed by atoms with Gasteiger partial charge in [0.1, 0.15) is 5.75 Å². The number of hydrogen-bond donors (Lipinski definition) is 3. The average molecular weight is 347 g/mol. The summed E-state index contributed by atoms with van der Waals surface area (Å²) in [5.74, 6) is 0.436. The number of rotatable bonds is 6. The van der Waals surface area contributed by atoms with E-state index in [1.807, 2.05) is 32.0 Å². The molecule has 0 heterocycles. The summed E-state index contributed by atoms with van der Waals surface area (Å²) in [7, 11) is 1.63. The van der Waals surface area contributed by atoms with E-state index in [0.717, 1.165) is 42.6 Å². The van der Waals surface area contributed by atoms with Crippen molar-refractivity contribution < 1.29 is 14.3 Å². The molecule has 3 amide bonds. The maximum atomic E-state index is 12.2. The van der Waals surface area contributed by atoms with Crippen LogP contribution >= 0.6 is 0 Å². The molecule has 0 saturated heterocycles. The van der Waals surface area contributed by atoms with Crippen LogP contribution in [0.2, 0.25) is 0 Å². The highest BCUT2D eigenvalue weighted by molar-refractivity contribution is 5.96. The Morgan fingerprint density at radius 2 is 1.88 bits per heavy atom. The van der Waals surface area contributed by atoms with Gasteiger partial charge in [0.15, 0.2) is 0 Å². The Morgan fingerprint density at radius 3 is 2.52 bits per heavy atom. The van der Waals surface area contributed by atoms with E-state index in [0.29, 0.717) is 0 Å². The topological polar surface area (TPSA) is 79.5 Å². The van der Waals surface area contributed by atoms with Crippen LogP contribution in [0.3, 0.4) is 0 Å². The Hall–Kier alpha value is -2.08. The summed E-state index contributed by atoms with van der Waals surface area (Å²) in [6.07, 6.45) is 4.23. The number of methoxy groups -OCH3 is 1. The first-order chi connectivity index (χ1) is 11.9. The van der Waals surface area contributed by atoms with Gasteiger partial charge in [-0.1, -0.05) is 30.5 Å². The number of hydrogen-bond acceptors (Lipinski definition) is 4. The SMILES string of the molecule is COc1ccc(C)cc1C(C)NC(C)C(=O)NC(=O)NC1CCCC1. The molecule has 1 fully saturated rings. The summed E-state index contributed by atoms with van der Waals surface area (Å²) in [4.78, 5) is 24.2. The van der Waals surface area contributed by atoms with E-state index >= 15 is 0 Å². The Labute approximate surface area is 149 Å². The summed E-state index contributed by atoms with van der Waals surface area (Å²) in [6.45, 7) is 5.73. The Morgan fingerprint density at radius 1 is 1.20 bits per heavy atom. The highest BCUT2D eigenvalue weighted by atomic mass is 16.5. The fourth-order valence-corrected chi connectivity index (χ4v) is 3.24. The molecule has 2 rings (SSSR count). The van der Waals surface area contributed by atoms with Crippen LogP contribution in [0.25, 0.3) is 0 Å². The third-order valence-electron chi connectivity index (χ3n) is 4.67. The Kier molecular flexibility index (Phi) is 6.82. The lowest BCUT2D eigenvalue weighted by molar-refractivity contribution is -0.121. The highest BCUT2D eigenvalue weighted by Gasteiger charge is 2.22. The quantitative estimate of drug-likeness (QED) is 0.739. The van der Waals surface area contributed by atoms with Gasteiger partial charge in [0, 0.05) is 17.6 Å². The van der Waals surface area contributed by atoms with Crippen molar-refractivity contribution in [2.75, 3.05) is 7.11 Å². The Bertz CT molecular complexity index is 612. The summed E-state index contributed by atoms with van der Waals surface area (Å²) in [6, 6.07) is 5.12. The van der Waals surface area contributed by atoms with Gasteiger partial charge in [0.2, 0.25) is 5.91 Å². The fourth-order valence-electron chi connectivity index (χ4n) is 3.24. The molecule has 138 valence electrons. The maximum absolute atomic E-state index is 12.2. The maximum Gasteiger partial charge on any atom is 0.321 e. The zero-order valence-electron chi connectivity index (χ0n) is 15.5. The second-order valence-corrected chi connectivity index (χ2v) is 6.80. The van der Waals surface area contributed by atoms with E-state index in [4.69, 9.17) is 4.74 Å². The molecule has 0 bridgehead atoms. The minimum absolute atomic E-state index is 0.0894. The van der Waals surface area contributed by atoms with E-state index in [2.05, 4.69) is 16.0 Å². The number of benzene rings is 1. The summed E-state index contributed by atoms with van der Waals surface area (Å²) in [5.41, 5.74) is 2.11. The smallest absolute Gasteiger partial charge is 0.321 e. The lowest BCUT2D eigenvalue weighted by atomic mass is 10.0. The molecule has 0 radical (unpaired) electrons. The number of carbonyl (C=O) groups is 2. The third kappa shape index (κ3) is 5.46. The molecule has 0 aliphatic heterocycles. The van der Waals surface area contributed by atoms with Crippen molar-refractivity contribution in [3.05, 3.63) is 29.3 Å². The second-order valence-electron chi connectivity index (χ2n) is 6.80. The first kappa shape index (κ1) is 19.2. The normalized spacial score (nSPS) is 17.0. The fraction of sp³-hybridized carbons (Fsp3) is 0.579. The molecule has 1 aliphatic carbocycles. The number of amides is 3. The van der Waals surface area contributed by atoms with Crippen LogP contribution in [0, 0.1) is 6.92 Å². The van der Waals surface area contributed by atoms with Gasteiger partial charge in [0.05, 0.1) is 13.2 Å². The van der Waals surface area contributed by atoms with Crippen molar-refractivity contribution >= 4 is 11.9 Å². The minimum atomic E-state index is -0.505. The second kappa shape index (κ2) is 8.85. The van der Waals surface area contributed by atoms with Gasteiger partial charge in [-0.2, -0.15) is 0 Å². The van der Waals surface area contributed by atoms with Crippen molar-refractivity contribution in [3.8, 4) is 5.75 Å². The summed E-state index contributed by atoms with van der Waals surface area (Å²) in [5, 5.41) is 8.50. The molecule has 3 N–H and O–H groups in total. The molecule has 1 aromatic rings. The number of aryl methyl sites for hydroxylation is 1. The van der Waals surface area contributed by atoms with E-state index in [-0.39, 0.29) is 18.0 Å². The van der Waals surface area contributed by atoms with Crippen LogP contribution in [0.5, 0.6) is 5.75 Å². The van der Waals surface area contributed by atoms with Crippen LogP contribution in [-0.2, 0) is 4.79 Å². The largest absolute Gasteiger partial charge is 0.496 e. The number of imide groups is 1. The van der Waals surface area contributed by atoms with Crippen LogP contribution in [0.15, 0.2) is 18.2 Å². The molecule has 2 atom stereocenters. The predicted molar refractivity (Wildman–Crippen MR) is 97.7 cm³/mol. The molecule has 0 aromatic heterocycles. The molecule has 25 heavy (non-hydrogen) atoms. The molecule has 1 saturated carbocycles. The first-order valence-corrected chi connectivity index (χ1v) is 8.92. The van der Waals surface area contributed by atoms with Crippen LogP contribution in [0.4, 0.5) is 4.79 Å². The van der Waals surface area contributed by atoms with Gasteiger partial charge in [-0.15, -0.1) is 0 Å². The number of ether oxygens (including phenoxy) is 1. The van der Waals surface area contributed by atoms with E-state index in [1.165, 1.54) is 0 Å². The lowest BCUT2D eigenvalue weighted by Crippen LogP contribution is -2.50. The monoisotopic (exact) mass is 347 g/mol. The summed E-state index contributed by atoms with van der Waals surface area (Å²) < 4.78 is 5.40. The number of carbonyl (C=O) groups excluding carboxylic acids is 2. The van der Waals surface area contributed by atoms with Crippen LogP contribution < -0.4 is 20.7 Å². The predicted octanol–water partition coefficient (Wildman–Crippen LogP) is 2.81. The van der Waals surface area contributed by atoms with Gasteiger partial charge in [-0.3, -0.25) is 15.4 Å². The van der Waals surface area contributed by atoms with E-state index < -0.39 is 12.1 Å².